The average molecular weight is 196 g/mol. The van der Waals surface area contributed by atoms with Crippen molar-refractivity contribution >= 4 is 11.9 Å². The molecule has 1 aromatic heterocycles. The Morgan fingerprint density at radius 3 is 2.36 bits per heavy atom. The average Bonchev–Trinajstić information content (AvgIpc) is 2.15. The maximum atomic E-state index is 10.9. The molecule has 0 atom stereocenters. The predicted octanol–water partition coefficient (Wildman–Crippen LogP) is -0.0203. The molecule has 0 saturated heterocycles. The lowest BCUT2D eigenvalue weighted by Gasteiger charge is -1.96. The Labute approximate surface area is 76.4 Å². The number of pyridine rings is 1. The molecule has 2 N–H and O–H groups in total. The van der Waals surface area contributed by atoms with Gasteiger partial charge in [0.1, 0.15) is 11.4 Å². The van der Waals surface area contributed by atoms with E-state index >= 15 is 0 Å². The first kappa shape index (κ1) is 9.78. The Morgan fingerprint density at radius 2 is 1.86 bits per heavy atom. The summed E-state index contributed by atoms with van der Waals surface area (Å²) in [6.07, 6.45) is 0. The van der Waals surface area contributed by atoms with Gasteiger partial charge in [-0.15, -0.1) is 4.91 Å². The number of H-pyrrole nitrogens is 1. The second-order valence-corrected chi connectivity index (χ2v) is 2.34. The van der Waals surface area contributed by atoms with Crippen LogP contribution in [0.25, 0.3) is 0 Å². The lowest BCUT2D eigenvalue weighted by atomic mass is 10.3. The van der Waals surface area contributed by atoms with Gasteiger partial charge in [0.25, 0.3) is 0 Å². The molecule has 0 saturated carbocycles. The molecule has 0 unspecified atom stereocenters. The van der Waals surface area contributed by atoms with Crippen LogP contribution in [0.3, 0.4) is 0 Å². The summed E-state index contributed by atoms with van der Waals surface area (Å²) in [6.45, 7) is 0. The minimum absolute atomic E-state index is 0.440. The molecule has 1 rings (SSSR count). The molecule has 0 aliphatic heterocycles. The third-order valence-electron chi connectivity index (χ3n) is 1.39. The van der Waals surface area contributed by atoms with Crippen LogP contribution in [-0.4, -0.2) is 22.0 Å². The van der Waals surface area contributed by atoms with Gasteiger partial charge in [0.2, 0.25) is 0 Å². The molecule has 0 aliphatic rings. The molecule has 0 aromatic carbocycles. The van der Waals surface area contributed by atoms with Crippen molar-refractivity contribution in [2.24, 2.45) is 5.18 Å². The van der Waals surface area contributed by atoms with Crippen LogP contribution in [-0.2, 0) is 0 Å². The second kappa shape index (κ2) is 3.60. The van der Waals surface area contributed by atoms with Crippen molar-refractivity contribution in [3.05, 3.63) is 38.7 Å². The fourth-order valence-corrected chi connectivity index (χ4v) is 0.823. The normalized spacial score (nSPS) is 9.43. The number of aromatic nitrogens is 1. The number of aromatic carboxylic acids is 1. The third-order valence-corrected chi connectivity index (χ3v) is 1.39. The van der Waals surface area contributed by atoms with Gasteiger partial charge in [-0.2, -0.15) is 0 Å². The highest BCUT2D eigenvalue weighted by Gasteiger charge is 2.11. The maximum Gasteiger partial charge on any atom is 0.352 e. The van der Waals surface area contributed by atoms with Gasteiger partial charge in [0.15, 0.2) is 5.43 Å². The van der Waals surface area contributed by atoms with E-state index in [1.807, 2.05) is 5.18 Å². The number of hydrogen-bond donors (Lipinski definition) is 2. The van der Waals surface area contributed by atoms with Crippen LogP contribution in [0.2, 0.25) is 0 Å². The molecule has 7 heteroatoms. The van der Waals surface area contributed by atoms with Crippen LogP contribution in [0.5, 0.6) is 0 Å². The predicted molar refractivity (Wildman–Crippen MR) is 44.1 cm³/mol. The van der Waals surface area contributed by atoms with Crippen molar-refractivity contribution < 1.29 is 14.7 Å². The van der Waals surface area contributed by atoms with E-state index in [4.69, 9.17) is 5.11 Å². The number of carbonyl (C=O) groups is 2. The number of carboxylic acids is 1. The Balaban J connectivity index is 3.34. The number of rotatable bonds is 2. The van der Waals surface area contributed by atoms with Crippen molar-refractivity contribution in [2.75, 3.05) is 0 Å². The summed E-state index contributed by atoms with van der Waals surface area (Å²) in [4.78, 5) is 43.9. The molecule has 7 nitrogen and oxygen atoms in total. The zero-order chi connectivity index (χ0) is 10.7. The number of aromatic amines is 1. The molecule has 0 aliphatic carbocycles. The molecule has 0 bridgehead atoms. The summed E-state index contributed by atoms with van der Waals surface area (Å²) in [7, 11) is 0. The van der Waals surface area contributed by atoms with Gasteiger partial charge in [-0.1, -0.05) is 0 Å². The van der Waals surface area contributed by atoms with E-state index in [0.717, 1.165) is 12.1 Å². The molecule has 14 heavy (non-hydrogen) atoms. The summed E-state index contributed by atoms with van der Waals surface area (Å²) in [5, 5.41) is 10.5. The van der Waals surface area contributed by atoms with E-state index in [1.54, 1.807) is 0 Å². The molecular formula is C7H4N2O5. The summed E-state index contributed by atoms with van der Waals surface area (Å²) in [5.74, 6) is -2.62. The van der Waals surface area contributed by atoms with E-state index < -0.39 is 28.7 Å². The van der Waals surface area contributed by atoms with E-state index in [9.17, 15) is 19.3 Å². The topological polar surface area (TPSA) is 117 Å². The highest BCUT2D eigenvalue weighted by atomic mass is 16.4. The van der Waals surface area contributed by atoms with Crippen molar-refractivity contribution in [2.45, 2.75) is 0 Å². The van der Waals surface area contributed by atoms with Gasteiger partial charge < -0.3 is 10.1 Å². The summed E-state index contributed by atoms with van der Waals surface area (Å²) in [5.41, 5.74) is -1.59. The summed E-state index contributed by atoms with van der Waals surface area (Å²) >= 11 is 0. The fraction of sp³-hybridized carbons (Fsp3) is 0. The first-order valence-corrected chi connectivity index (χ1v) is 3.40. The van der Waals surface area contributed by atoms with Crippen molar-refractivity contribution in [1.29, 1.82) is 0 Å². The van der Waals surface area contributed by atoms with Crippen LogP contribution < -0.4 is 5.43 Å². The molecule has 1 heterocycles. The zero-order valence-corrected chi connectivity index (χ0v) is 6.68. The molecule has 1 aromatic rings. The first-order valence-electron chi connectivity index (χ1n) is 3.40. The van der Waals surface area contributed by atoms with Crippen LogP contribution >= 0.6 is 0 Å². The van der Waals surface area contributed by atoms with E-state index in [2.05, 4.69) is 4.98 Å². The Hall–Kier alpha value is -2.31. The monoisotopic (exact) mass is 196 g/mol. The van der Waals surface area contributed by atoms with E-state index in [1.165, 1.54) is 0 Å². The number of hydrogen-bond acceptors (Lipinski definition) is 4. The largest absolute Gasteiger partial charge is 0.477 e. The highest BCUT2D eigenvalue weighted by Crippen LogP contribution is 1.97. The lowest BCUT2D eigenvalue weighted by Crippen LogP contribution is -2.13. The van der Waals surface area contributed by atoms with Gasteiger partial charge in [-0.25, -0.2) is 4.79 Å². The number of carbonyl (C=O) groups excluding carboxylic acids is 1. The number of nitroso groups, excluding NO2 is 1. The van der Waals surface area contributed by atoms with Gasteiger partial charge in [-0.05, 0) is 0 Å². The van der Waals surface area contributed by atoms with Gasteiger partial charge in [-0.3, -0.25) is 9.59 Å². The Bertz CT molecular complexity index is 461. The number of nitrogens with zero attached hydrogens (tertiary/aromatic N) is 1. The maximum absolute atomic E-state index is 10.9. The number of carboxylic acid groups (broad SMARTS) is 1. The summed E-state index contributed by atoms with van der Waals surface area (Å²) < 4.78 is 0. The molecule has 1 amide bonds. The van der Waals surface area contributed by atoms with Gasteiger partial charge >= 0.3 is 11.9 Å². The van der Waals surface area contributed by atoms with Crippen molar-refractivity contribution in [3.63, 3.8) is 0 Å². The van der Waals surface area contributed by atoms with Crippen LogP contribution in [0, 0.1) is 4.91 Å². The quantitative estimate of drug-likeness (QED) is 0.644. The minimum Gasteiger partial charge on any atom is -0.477 e. The summed E-state index contributed by atoms with van der Waals surface area (Å²) in [6, 6.07) is 1.60. The van der Waals surface area contributed by atoms with Crippen LogP contribution in [0.4, 0.5) is 0 Å². The minimum atomic E-state index is -1.40. The molecule has 0 fully saturated rings. The Morgan fingerprint density at radius 1 is 1.29 bits per heavy atom. The standard InChI is InChI=1S/C7H4N2O5/c10-3-1-4(6(11)9-14)8-5(2-3)7(12)13/h1-2H,(H,8,10)(H,12,13). The van der Waals surface area contributed by atoms with Gasteiger partial charge in [0, 0.05) is 17.3 Å². The molecule has 0 radical (unpaired) electrons. The number of nitrogens with one attached hydrogen (secondary N) is 1. The first-order chi connectivity index (χ1) is 6.54. The molecule has 0 spiro atoms. The van der Waals surface area contributed by atoms with Crippen LogP contribution in [0.1, 0.15) is 21.0 Å². The van der Waals surface area contributed by atoms with Crippen LogP contribution in [0.15, 0.2) is 22.1 Å². The smallest absolute Gasteiger partial charge is 0.352 e. The lowest BCUT2D eigenvalue weighted by molar-refractivity contribution is 0.0690. The fourth-order valence-electron chi connectivity index (χ4n) is 0.823. The third kappa shape index (κ3) is 1.89. The molecular weight excluding hydrogens is 192 g/mol. The second-order valence-electron chi connectivity index (χ2n) is 2.34. The molecule has 72 valence electrons. The zero-order valence-electron chi connectivity index (χ0n) is 6.68. The van der Waals surface area contributed by atoms with Gasteiger partial charge in [0.05, 0.1) is 0 Å². The Kier molecular flexibility index (Phi) is 2.52. The highest BCUT2D eigenvalue weighted by molar-refractivity contribution is 5.94. The SMILES string of the molecule is O=NC(=O)c1cc(=O)cc(C(=O)O)[nH]1. The van der Waals surface area contributed by atoms with Crippen molar-refractivity contribution in [1.82, 2.24) is 4.98 Å². The van der Waals surface area contributed by atoms with E-state index in [-0.39, 0.29) is 0 Å². The van der Waals surface area contributed by atoms with E-state index in [0.29, 0.717) is 0 Å². The number of amides is 1. The van der Waals surface area contributed by atoms with Crippen molar-refractivity contribution in [3.8, 4) is 0 Å².